The van der Waals surface area contributed by atoms with Gasteiger partial charge in [-0.25, -0.2) is 0 Å². The van der Waals surface area contributed by atoms with Gasteiger partial charge in [-0.1, -0.05) is 62.7 Å². The van der Waals surface area contributed by atoms with Crippen LogP contribution in [0.2, 0.25) is 0 Å². The highest BCUT2D eigenvalue weighted by molar-refractivity contribution is 5.71. The van der Waals surface area contributed by atoms with Gasteiger partial charge in [-0.3, -0.25) is 4.79 Å². The Morgan fingerprint density at radius 1 is 1.00 bits per heavy atom. The molecule has 0 heterocycles. The van der Waals surface area contributed by atoms with E-state index in [4.69, 9.17) is 10.5 Å². The van der Waals surface area contributed by atoms with Crippen molar-refractivity contribution < 1.29 is 9.53 Å². The van der Waals surface area contributed by atoms with Crippen molar-refractivity contribution in [2.75, 3.05) is 12.3 Å². The van der Waals surface area contributed by atoms with E-state index in [1.807, 2.05) is 56.3 Å². The number of nitrogens with two attached hydrogens (primary N) is 1. The molecule has 0 saturated carbocycles. The first kappa shape index (κ1) is 18.8. The number of rotatable bonds is 5. The van der Waals surface area contributed by atoms with Crippen LogP contribution < -0.4 is 5.73 Å². The predicted molar refractivity (Wildman–Crippen MR) is 97.0 cm³/mol. The van der Waals surface area contributed by atoms with E-state index in [1.165, 1.54) is 11.1 Å². The zero-order valence-electron chi connectivity index (χ0n) is 14.3. The molecular formula is C20H27NO2. The smallest absolute Gasteiger partial charge is 0.308 e. The fraction of sp³-hybridized carbons (Fsp3) is 0.350. The maximum Gasteiger partial charge on any atom is 0.308 e. The largest absolute Gasteiger partial charge is 0.466 e. The van der Waals surface area contributed by atoms with Gasteiger partial charge >= 0.3 is 5.97 Å². The first-order chi connectivity index (χ1) is 11.1. The molecule has 0 aromatic heterocycles. The van der Waals surface area contributed by atoms with E-state index in [1.54, 1.807) is 0 Å². The first-order valence-electron chi connectivity index (χ1n) is 8.16. The zero-order valence-corrected chi connectivity index (χ0v) is 14.3. The molecule has 0 fully saturated rings. The molecule has 2 aromatic rings. The van der Waals surface area contributed by atoms with Crippen molar-refractivity contribution in [1.82, 2.24) is 0 Å². The van der Waals surface area contributed by atoms with E-state index in [9.17, 15) is 4.79 Å². The van der Waals surface area contributed by atoms with Crippen molar-refractivity contribution in [3.63, 3.8) is 0 Å². The Morgan fingerprint density at radius 3 is 2.09 bits per heavy atom. The van der Waals surface area contributed by atoms with Gasteiger partial charge in [-0.05, 0) is 36.6 Å². The minimum absolute atomic E-state index is 0.0654. The van der Waals surface area contributed by atoms with Crippen LogP contribution in [0.4, 0.5) is 5.69 Å². The molecule has 0 aliphatic heterocycles. The molecule has 1 atom stereocenters. The van der Waals surface area contributed by atoms with Crippen LogP contribution in [0, 0.1) is 5.92 Å². The number of hydrogen-bond acceptors (Lipinski definition) is 3. The van der Waals surface area contributed by atoms with Crippen molar-refractivity contribution in [2.45, 2.75) is 33.6 Å². The van der Waals surface area contributed by atoms with Crippen molar-refractivity contribution in [3.8, 4) is 11.1 Å². The van der Waals surface area contributed by atoms with E-state index in [0.29, 0.717) is 6.61 Å². The molecule has 0 radical (unpaired) electrons. The molecule has 0 saturated heterocycles. The third-order valence-electron chi connectivity index (χ3n) is 3.43. The Balaban J connectivity index is 0.000000241. The topological polar surface area (TPSA) is 52.3 Å². The van der Waals surface area contributed by atoms with Gasteiger partial charge in [-0.2, -0.15) is 0 Å². The van der Waals surface area contributed by atoms with E-state index in [0.717, 1.165) is 18.5 Å². The molecule has 0 spiro atoms. The maximum absolute atomic E-state index is 10.9. The van der Waals surface area contributed by atoms with Crippen molar-refractivity contribution >= 4 is 11.7 Å². The molecular weight excluding hydrogens is 286 g/mol. The van der Waals surface area contributed by atoms with Gasteiger partial charge in [-0.15, -0.1) is 0 Å². The lowest BCUT2D eigenvalue weighted by atomic mass is 10.1. The number of carbonyl (C=O) groups excluding carboxylic acids is 1. The number of ether oxygens (including phenoxy) is 1. The third-order valence-corrected chi connectivity index (χ3v) is 3.43. The third kappa shape index (κ3) is 7.00. The van der Waals surface area contributed by atoms with Gasteiger partial charge in [0.1, 0.15) is 0 Å². The molecule has 3 heteroatoms. The van der Waals surface area contributed by atoms with E-state index < -0.39 is 0 Å². The van der Waals surface area contributed by atoms with E-state index >= 15 is 0 Å². The van der Waals surface area contributed by atoms with Crippen LogP contribution in [0.3, 0.4) is 0 Å². The average Bonchev–Trinajstić information content (AvgIpc) is 2.57. The molecule has 0 aliphatic rings. The monoisotopic (exact) mass is 313 g/mol. The number of carbonyl (C=O) groups is 1. The molecule has 2 N–H and O–H groups in total. The number of anilines is 1. The van der Waals surface area contributed by atoms with Crippen molar-refractivity contribution in [1.29, 1.82) is 0 Å². The summed E-state index contributed by atoms with van der Waals surface area (Å²) in [7, 11) is 0. The van der Waals surface area contributed by atoms with Crippen molar-refractivity contribution in [3.05, 3.63) is 54.6 Å². The van der Waals surface area contributed by atoms with Crippen LogP contribution in [0.1, 0.15) is 33.6 Å². The lowest BCUT2D eigenvalue weighted by molar-refractivity contribution is -0.147. The summed E-state index contributed by atoms with van der Waals surface area (Å²) < 4.78 is 4.82. The van der Waals surface area contributed by atoms with Gasteiger partial charge < -0.3 is 10.5 Å². The molecule has 0 aliphatic carbocycles. The highest BCUT2D eigenvalue weighted by Gasteiger charge is 2.11. The molecule has 2 aromatic carbocycles. The Kier molecular flexibility index (Phi) is 8.51. The normalized spacial score (nSPS) is 11.1. The standard InChI is InChI=1S/C12H11N.C8H16O2/c13-12-8-6-11(7-9-12)10-4-2-1-3-5-10;1-4-6-7(3)8(9)10-5-2/h1-9H,13H2;7H,4-6H2,1-3H3/t;7-/m.1/s1. The number of hydrogen-bond donors (Lipinski definition) is 1. The number of benzene rings is 2. The Hall–Kier alpha value is -2.29. The Labute approximate surface area is 139 Å². The Morgan fingerprint density at radius 2 is 1.57 bits per heavy atom. The van der Waals surface area contributed by atoms with Gasteiger partial charge in [0.15, 0.2) is 0 Å². The maximum atomic E-state index is 10.9. The van der Waals surface area contributed by atoms with E-state index in [-0.39, 0.29) is 11.9 Å². The molecule has 0 unspecified atom stereocenters. The first-order valence-corrected chi connectivity index (χ1v) is 8.16. The van der Waals surface area contributed by atoms with Gasteiger partial charge in [0.2, 0.25) is 0 Å². The molecule has 0 bridgehead atoms. The Bertz CT molecular complexity index is 564. The number of esters is 1. The van der Waals surface area contributed by atoms with E-state index in [2.05, 4.69) is 19.1 Å². The highest BCUT2D eigenvalue weighted by Crippen LogP contribution is 2.19. The van der Waals surface area contributed by atoms with Crippen LogP contribution in [0.15, 0.2) is 54.6 Å². The van der Waals surface area contributed by atoms with Gasteiger partial charge in [0.25, 0.3) is 0 Å². The summed E-state index contributed by atoms with van der Waals surface area (Å²) >= 11 is 0. The average molecular weight is 313 g/mol. The summed E-state index contributed by atoms with van der Waals surface area (Å²) in [6.45, 7) is 6.29. The highest BCUT2D eigenvalue weighted by atomic mass is 16.5. The molecule has 0 amide bonds. The summed E-state index contributed by atoms with van der Waals surface area (Å²) in [5.41, 5.74) is 8.84. The van der Waals surface area contributed by atoms with Crippen LogP contribution in [0.25, 0.3) is 11.1 Å². The summed E-state index contributed by atoms with van der Waals surface area (Å²) in [5, 5.41) is 0. The summed E-state index contributed by atoms with van der Waals surface area (Å²) in [6.07, 6.45) is 1.97. The minimum Gasteiger partial charge on any atom is -0.466 e. The molecule has 2 rings (SSSR count). The lowest BCUT2D eigenvalue weighted by Gasteiger charge is -2.07. The minimum atomic E-state index is -0.0654. The molecule has 23 heavy (non-hydrogen) atoms. The van der Waals surface area contributed by atoms with Crippen LogP contribution >= 0.6 is 0 Å². The lowest BCUT2D eigenvalue weighted by Crippen LogP contribution is -2.14. The second-order valence-corrected chi connectivity index (χ2v) is 5.43. The number of nitrogen functional groups attached to an aromatic ring is 1. The fourth-order valence-corrected chi connectivity index (χ4v) is 2.14. The van der Waals surface area contributed by atoms with Gasteiger partial charge in [0, 0.05) is 5.69 Å². The predicted octanol–water partition coefficient (Wildman–Crippen LogP) is 4.92. The zero-order chi connectivity index (χ0) is 17.1. The SMILES string of the molecule is CCC[C@@H](C)C(=O)OCC.Nc1ccc(-c2ccccc2)cc1. The molecule has 3 nitrogen and oxygen atoms in total. The molecule has 124 valence electrons. The van der Waals surface area contributed by atoms with Crippen LogP contribution in [-0.2, 0) is 9.53 Å². The quantitative estimate of drug-likeness (QED) is 0.629. The fourth-order valence-electron chi connectivity index (χ4n) is 2.14. The summed E-state index contributed by atoms with van der Waals surface area (Å²) in [6, 6.07) is 18.2. The second-order valence-electron chi connectivity index (χ2n) is 5.43. The summed E-state index contributed by atoms with van der Waals surface area (Å²) in [5.74, 6) is 0.00861. The van der Waals surface area contributed by atoms with Crippen LogP contribution in [0.5, 0.6) is 0 Å². The second kappa shape index (κ2) is 10.4. The van der Waals surface area contributed by atoms with Crippen molar-refractivity contribution in [2.24, 2.45) is 5.92 Å². The van der Waals surface area contributed by atoms with Crippen LogP contribution in [-0.4, -0.2) is 12.6 Å². The van der Waals surface area contributed by atoms with Gasteiger partial charge in [0.05, 0.1) is 12.5 Å². The summed E-state index contributed by atoms with van der Waals surface area (Å²) in [4.78, 5) is 10.9.